The van der Waals surface area contributed by atoms with E-state index < -0.39 is 0 Å². The van der Waals surface area contributed by atoms with E-state index in [4.69, 9.17) is 11.6 Å². The van der Waals surface area contributed by atoms with Crippen molar-refractivity contribution in [1.29, 1.82) is 0 Å². The maximum absolute atomic E-state index is 5.95. The van der Waals surface area contributed by atoms with Crippen LogP contribution < -0.4 is 0 Å². The monoisotopic (exact) mass is 286 g/mol. The van der Waals surface area contributed by atoms with Crippen molar-refractivity contribution in [3.63, 3.8) is 0 Å². The van der Waals surface area contributed by atoms with E-state index >= 15 is 0 Å². The van der Waals surface area contributed by atoms with Gasteiger partial charge in [0.1, 0.15) is 0 Å². The average molecular weight is 287 g/mol. The third-order valence-corrected chi connectivity index (χ3v) is 4.18. The number of benzene rings is 1. The van der Waals surface area contributed by atoms with Crippen LogP contribution >= 0.6 is 22.9 Å². The second kappa shape index (κ2) is 4.01. The molecule has 0 spiro atoms. The highest BCUT2D eigenvalue weighted by Gasteiger charge is 2.07. The number of hydrogen-bond acceptors (Lipinski definition) is 4. The van der Waals surface area contributed by atoms with E-state index in [2.05, 4.69) is 20.2 Å². The van der Waals surface area contributed by atoms with Gasteiger partial charge in [0.25, 0.3) is 0 Å². The van der Waals surface area contributed by atoms with Crippen molar-refractivity contribution in [2.45, 2.75) is 0 Å². The first-order chi connectivity index (χ1) is 9.29. The highest BCUT2D eigenvalue weighted by atomic mass is 35.5. The number of aromatic amines is 1. The van der Waals surface area contributed by atoms with Gasteiger partial charge in [-0.3, -0.25) is 10.1 Å². The molecule has 0 unspecified atom stereocenters. The molecule has 1 aromatic carbocycles. The summed E-state index contributed by atoms with van der Waals surface area (Å²) in [7, 11) is 0. The summed E-state index contributed by atoms with van der Waals surface area (Å²) in [5.74, 6) is 0. The van der Waals surface area contributed by atoms with E-state index in [9.17, 15) is 0 Å². The van der Waals surface area contributed by atoms with Crippen molar-refractivity contribution in [2.75, 3.05) is 0 Å². The topological polar surface area (TPSA) is 54.5 Å². The lowest BCUT2D eigenvalue weighted by molar-refractivity contribution is 1.12. The molecular formula is C13H7ClN4S. The average Bonchev–Trinajstić information content (AvgIpc) is 3.03. The zero-order valence-electron chi connectivity index (χ0n) is 9.59. The minimum Gasteiger partial charge on any atom is -0.278 e. The molecule has 6 heteroatoms. The summed E-state index contributed by atoms with van der Waals surface area (Å²) in [6.07, 6.45) is 3.55. The number of aromatic nitrogens is 4. The summed E-state index contributed by atoms with van der Waals surface area (Å²) in [6.45, 7) is 0. The molecule has 0 radical (unpaired) electrons. The van der Waals surface area contributed by atoms with Crippen LogP contribution in [0.1, 0.15) is 0 Å². The Morgan fingerprint density at radius 1 is 1.11 bits per heavy atom. The zero-order chi connectivity index (χ0) is 12.8. The molecule has 3 heterocycles. The van der Waals surface area contributed by atoms with E-state index in [1.165, 1.54) is 11.3 Å². The van der Waals surface area contributed by atoms with Crippen LogP contribution in [0.3, 0.4) is 0 Å². The number of halogens is 1. The Morgan fingerprint density at radius 2 is 2.05 bits per heavy atom. The summed E-state index contributed by atoms with van der Waals surface area (Å²) in [6, 6.07) is 7.77. The molecule has 0 atom stereocenters. The Kier molecular flexibility index (Phi) is 2.30. The van der Waals surface area contributed by atoms with Gasteiger partial charge in [-0.1, -0.05) is 11.6 Å². The van der Waals surface area contributed by atoms with Crippen LogP contribution in [0.4, 0.5) is 0 Å². The van der Waals surface area contributed by atoms with E-state index in [-0.39, 0.29) is 0 Å². The van der Waals surface area contributed by atoms with Crippen molar-refractivity contribution < 1.29 is 0 Å². The second-order valence-electron chi connectivity index (χ2n) is 4.16. The van der Waals surface area contributed by atoms with Gasteiger partial charge in [0.05, 0.1) is 43.9 Å². The number of rotatable bonds is 1. The van der Waals surface area contributed by atoms with E-state index in [0.29, 0.717) is 0 Å². The van der Waals surface area contributed by atoms with Gasteiger partial charge >= 0.3 is 0 Å². The van der Waals surface area contributed by atoms with Crippen LogP contribution in [0.15, 0.2) is 36.7 Å². The first kappa shape index (κ1) is 10.9. The van der Waals surface area contributed by atoms with Gasteiger partial charge in [0, 0.05) is 5.39 Å². The highest BCUT2D eigenvalue weighted by Crippen LogP contribution is 2.30. The molecule has 0 aliphatic carbocycles. The van der Waals surface area contributed by atoms with Crippen molar-refractivity contribution in [2.24, 2.45) is 0 Å². The Labute approximate surface area is 117 Å². The number of nitrogens with one attached hydrogen (secondary N) is 1. The van der Waals surface area contributed by atoms with Crippen LogP contribution in [-0.2, 0) is 0 Å². The summed E-state index contributed by atoms with van der Waals surface area (Å²) in [4.78, 5) is 10.1. The molecule has 3 aromatic heterocycles. The number of nitrogens with zero attached hydrogens (tertiary/aromatic N) is 3. The molecule has 0 fully saturated rings. The minimum atomic E-state index is 0.752. The predicted molar refractivity (Wildman–Crippen MR) is 77.5 cm³/mol. The second-order valence-corrected chi connectivity index (χ2v) is 5.87. The van der Waals surface area contributed by atoms with Crippen LogP contribution in [0.2, 0.25) is 4.34 Å². The minimum absolute atomic E-state index is 0.752. The molecule has 92 valence electrons. The molecular weight excluding hydrogens is 280 g/mol. The van der Waals surface area contributed by atoms with Crippen molar-refractivity contribution in [1.82, 2.24) is 20.2 Å². The number of H-pyrrole nitrogens is 1. The smallest absolute Gasteiger partial charge is 0.0993 e. The largest absolute Gasteiger partial charge is 0.278 e. The van der Waals surface area contributed by atoms with Gasteiger partial charge in [-0.15, -0.1) is 11.3 Å². The van der Waals surface area contributed by atoms with Crippen LogP contribution in [0.5, 0.6) is 0 Å². The van der Waals surface area contributed by atoms with Crippen LogP contribution in [-0.4, -0.2) is 20.2 Å². The number of hydrogen-bond donors (Lipinski definition) is 1. The first-order valence-corrected chi connectivity index (χ1v) is 6.85. The molecule has 19 heavy (non-hydrogen) atoms. The van der Waals surface area contributed by atoms with E-state index in [1.807, 2.05) is 24.3 Å². The molecule has 1 N–H and O–H groups in total. The van der Waals surface area contributed by atoms with Crippen molar-refractivity contribution >= 4 is 44.9 Å². The standard InChI is InChI=1S/C13H7ClN4S/c14-13-2-1-12(19-13)11-6-15-9-4-8-7(5-16-18-8)3-10(9)17-11/h1-6H,(H,16,18). The van der Waals surface area contributed by atoms with Gasteiger partial charge in [-0.2, -0.15) is 5.10 Å². The third kappa shape index (κ3) is 1.78. The van der Waals surface area contributed by atoms with Gasteiger partial charge in [0.15, 0.2) is 0 Å². The fourth-order valence-electron chi connectivity index (χ4n) is 2.02. The molecule has 4 rings (SSSR count). The number of fused-ring (bicyclic) bond motifs is 2. The Hall–Kier alpha value is -1.98. The third-order valence-electron chi connectivity index (χ3n) is 2.93. The summed E-state index contributed by atoms with van der Waals surface area (Å²) < 4.78 is 0.752. The number of thiophene rings is 1. The summed E-state index contributed by atoms with van der Waals surface area (Å²) >= 11 is 7.45. The summed E-state index contributed by atoms with van der Waals surface area (Å²) in [5, 5.41) is 7.97. The molecule has 0 aliphatic rings. The maximum atomic E-state index is 5.95. The lowest BCUT2D eigenvalue weighted by Crippen LogP contribution is -1.87. The van der Waals surface area contributed by atoms with E-state index in [0.717, 1.165) is 36.8 Å². The first-order valence-electron chi connectivity index (χ1n) is 5.65. The summed E-state index contributed by atoms with van der Waals surface area (Å²) in [5.41, 5.74) is 3.51. The molecule has 0 aliphatic heterocycles. The normalized spacial score (nSPS) is 11.4. The Morgan fingerprint density at radius 3 is 2.89 bits per heavy atom. The molecule has 4 aromatic rings. The van der Waals surface area contributed by atoms with Crippen LogP contribution in [0, 0.1) is 0 Å². The van der Waals surface area contributed by atoms with Gasteiger partial charge in [-0.25, -0.2) is 4.98 Å². The fraction of sp³-hybridized carbons (Fsp3) is 0. The lowest BCUT2D eigenvalue weighted by atomic mass is 10.2. The molecule has 0 bridgehead atoms. The Bertz CT molecular complexity index is 896. The predicted octanol–water partition coefficient (Wildman–Crippen LogP) is 3.89. The SMILES string of the molecule is Clc1ccc(-c2cnc3cc4[nH]ncc4cc3n2)s1. The Balaban J connectivity index is 1.96. The molecule has 0 saturated carbocycles. The molecule has 0 amide bonds. The van der Waals surface area contributed by atoms with Crippen LogP contribution in [0.25, 0.3) is 32.5 Å². The fourth-order valence-corrected chi connectivity index (χ4v) is 3.02. The van der Waals surface area contributed by atoms with Gasteiger partial charge in [0.2, 0.25) is 0 Å². The maximum Gasteiger partial charge on any atom is 0.0993 e. The highest BCUT2D eigenvalue weighted by molar-refractivity contribution is 7.19. The van der Waals surface area contributed by atoms with Gasteiger partial charge in [-0.05, 0) is 24.3 Å². The zero-order valence-corrected chi connectivity index (χ0v) is 11.2. The molecule has 0 saturated heterocycles. The van der Waals surface area contributed by atoms with Crippen molar-refractivity contribution in [3.8, 4) is 10.6 Å². The van der Waals surface area contributed by atoms with Gasteiger partial charge < -0.3 is 0 Å². The van der Waals surface area contributed by atoms with E-state index in [1.54, 1.807) is 12.4 Å². The molecule has 4 nitrogen and oxygen atoms in total. The van der Waals surface area contributed by atoms with Crippen molar-refractivity contribution in [3.05, 3.63) is 41.0 Å². The quantitative estimate of drug-likeness (QED) is 0.577. The lowest BCUT2D eigenvalue weighted by Gasteiger charge is -2.00.